The number of aliphatic hydroxyl groups is 1. The predicted octanol–water partition coefficient (Wildman–Crippen LogP) is 3.54. The molecule has 0 bridgehead atoms. The van der Waals surface area contributed by atoms with Gasteiger partial charge in [-0.25, -0.2) is 0 Å². The Morgan fingerprint density at radius 3 is 2.24 bits per heavy atom. The molecule has 2 aromatic rings. The first-order chi connectivity index (χ1) is 10.1. The van der Waals surface area contributed by atoms with Crippen molar-refractivity contribution >= 4 is 0 Å². The number of benzene rings is 2. The van der Waals surface area contributed by atoms with Crippen molar-refractivity contribution in [2.75, 3.05) is 14.2 Å². The molecule has 0 saturated carbocycles. The molecule has 0 amide bonds. The van der Waals surface area contributed by atoms with Gasteiger partial charge in [0.15, 0.2) is 0 Å². The van der Waals surface area contributed by atoms with E-state index in [-0.39, 0.29) is 0 Å². The highest BCUT2D eigenvalue weighted by atomic mass is 16.5. The molecule has 0 spiro atoms. The molecule has 1 N–H and O–H groups in total. The van der Waals surface area contributed by atoms with Crippen LogP contribution in [0.15, 0.2) is 36.4 Å². The van der Waals surface area contributed by atoms with Crippen LogP contribution in [-0.2, 0) is 11.3 Å². The zero-order chi connectivity index (χ0) is 15.4. The SMILES string of the molecule is COCc1ccc(C(O)c2cc(C)c(OC)cc2C)cc1. The molecule has 0 fully saturated rings. The maximum absolute atomic E-state index is 10.6. The summed E-state index contributed by atoms with van der Waals surface area (Å²) in [6, 6.07) is 11.8. The Kier molecular flexibility index (Phi) is 4.99. The monoisotopic (exact) mass is 286 g/mol. The lowest BCUT2D eigenvalue weighted by atomic mass is 9.95. The Hall–Kier alpha value is -1.84. The molecule has 2 aromatic carbocycles. The topological polar surface area (TPSA) is 38.7 Å². The lowest BCUT2D eigenvalue weighted by molar-refractivity contribution is 0.184. The van der Waals surface area contributed by atoms with Gasteiger partial charge in [-0.3, -0.25) is 0 Å². The molecule has 3 nitrogen and oxygen atoms in total. The average Bonchev–Trinajstić information content (AvgIpc) is 2.49. The van der Waals surface area contributed by atoms with Gasteiger partial charge < -0.3 is 14.6 Å². The van der Waals surface area contributed by atoms with Crippen LogP contribution in [0.2, 0.25) is 0 Å². The van der Waals surface area contributed by atoms with Gasteiger partial charge in [0, 0.05) is 7.11 Å². The number of rotatable bonds is 5. The molecule has 1 atom stereocenters. The number of hydrogen-bond acceptors (Lipinski definition) is 3. The first-order valence-electron chi connectivity index (χ1n) is 6.97. The Balaban J connectivity index is 2.31. The van der Waals surface area contributed by atoms with Gasteiger partial charge in [0.05, 0.1) is 13.7 Å². The van der Waals surface area contributed by atoms with Crippen molar-refractivity contribution < 1.29 is 14.6 Å². The fourth-order valence-electron chi connectivity index (χ4n) is 2.47. The van der Waals surface area contributed by atoms with E-state index in [4.69, 9.17) is 9.47 Å². The molecule has 2 rings (SSSR count). The molecule has 0 aliphatic heterocycles. The van der Waals surface area contributed by atoms with Gasteiger partial charge in [0.25, 0.3) is 0 Å². The average molecular weight is 286 g/mol. The Morgan fingerprint density at radius 1 is 1.00 bits per heavy atom. The van der Waals surface area contributed by atoms with Crippen LogP contribution >= 0.6 is 0 Å². The Bertz CT molecular complexity index is 603. The van der Waals surface area contributed by atoms with Crippen molar-refractivity contribution in [1.82, 2.24) is 0 Å². The van der Waals surface area contributed by atoms with E-state index in [1.807, 2.05) is 50.2 Å². The van der Waals surface area contributed by atoms with Gasteiger partial charge in [0.2, 0.25) is 0 Å². The molecule has 0 aliphatic rings. The van der Waals surface area contributed by atoms with E-state index in [9.17, 15) is 5.11 Å². The van der Waals surface area contributed by atoms with Crippen molar-refractivity contribution in [2.45, 2.75) is 26.6 Å². The van der Waals surface area contributed by atoms with E-state index in [1.165, 1.54) is 0 Å². The summed E-state index contributed by atoms with van der Waals surface area (Å²) >= 11 is 0. The van der Waals surface area contributed by atoms with Gasteiger partial charge in [0.1, 0.15) is 11.9 Å². The van der Waals surface area contributed by atoms with E-state index in [1.54, 1.807) is 14.2 Å². The summed E-state index contributed by atoms with van der Waals surface area (Å²) < 4.78 is 10.4. The zero-order valence-electron chi connectivity index (χ0n) is 13.0. The standard InChI is InChI=1S/C18H22O3/c1-12-10-17(21-4)13(2)9-16(12)18(19)15-7-5-14(6-8-15)11-20-3/h5-10,18-19H,11H2,1-4H3. The molecule has 21 heavy (non-hydrogen) atoms. The van der Waals surface area contributed by atoms with E-state index >= 15 is 0 Å². The largest absolute Gasteiger partial charge is 0.496 e. The Morgan fingerprint density at radius 2 is 1.67 bits per heavy atom. The number of ether oxygens (including phenoxy) is 2. The smallest absolute Gasteiger partial charge is 0.122 e. The number of aryl methyl sites for hydroxylation is 2. The molecule has 112 valence electrons. The van der Waals surface area contributed by atoms with Crippen LogP contribution in [0.5, 0.6) is 5.75 Å². The predicted molar refractivity (Wildman–Crippen MR) is 83.7 cm³/mol. The lowest BCUT2D eigenvalue weighted by Gasteiger charge is -2.17. The van der Waals surface area contributed by atoms with Gasteiger partial charge in [-0.2, -0.15) is 0 Å². The van der Waals surface area contributed by atoms with Gasteiger partial charge in [-0.1, -0.05) is 24.3 Å². The zero-order valence-corrected chi connectivity index (χ0v) is 13.0. The fourth-order valence-corrected chi connectivity index (χ4v) is 2.47. The van der Waals surface area contributed by atoms with Crippen molar-refractivity contribution in [2.24, 2.45) is 0 Å². The van der Waals surface area contributed by atoms with Crippen molar-refractivity contribution in [1.29, 1.82) is 0 Å². The van der Waals surface area contributed by atoms with Gasteiger partial charge in [-0.15, -0.1) is 0 Å². The van der Waals surface area contributed by atoms with Crippen LogP contribution in [0.25, 0.3) is 0 Å². The second kappa shape index (κ2) is 6.74. The van der Waals surface area contributed by atoms with Crippen molar-refractivity contribution in [3.8, 4) is 5.75 Å². The van der Waals surface area contributed by atoms with Crippen LogP contribution < -0.4 is 4.74 Å². The highest BCUT2D eigenvalue weighted by Crippen LogP contribution is 2.30. The highest BCUT2D eigenvalue weighted by molar-refractivity contribution is 5.45. The van der Waals surface area contributed by atoms with Crippen molar-refractivity contribution in [3.05, 3.63) is 64.2 Å². The maximum atomic E-state index is 10.6. The van der Waals surface area contributed by atoms with Crippen LogP contribution in [0.3, 0.4) is 0 Å². The quantitative estimate of drug-likeness (QED) is 0.913. The molecule has 0 aliphatic carbocycles. The van der Waals surface area contributed by atoms with Crippen LogP contribution in [0.1, 0.15) is 33.9 Å². The van der Waals surface area contributed by atoms with E-state index in [2.05, 4.69) is 0 Å². The molecular weight excluding hydrogens is 264 g/mol. The summed E-state index contributed by atoms with van der Waals surface area (Å²) in [6.45, 7) is 4.55. The molecule has 0 aromatic heterocycles. The summed E-state index contributed by atoms with van der Waals surface area (Å²) in [5.41, 5.74) is 4.92. The van der Waals surface area contributed by atoms with Crippen LogP contribution in [-0.4, -0.2) is 19.3 Å². The van der Waals surface area contributed by atoms with Crippen LogP contribution in [0, 0.1) is 13.8 Å². The second-order valence-corrected chi connectivity index (χ2v) is 5.26. The third-order valence-electron chi connectivity index (χ3n) is 3.68. The van der Waals surface area contributed by atoms with E-state index in [0.717, 1.165) is 33.6 Å². The second-order valence-electron chi connectivity index (χ2n) is 5.26. The summed E-state index contributed by atoms with van der Waals surface area (Å²) in [6.07, 6.45) is -0.633. The highest BCUT2D eigenvalue weighted by Gasteiger charge is 2.15. The molecule has 1 unspecified atom stereocenters. The first-order valence-corrected chi connectivity index (χ1v) is 6.97. The summed E-state index contributed by atoms with van der Waals surface area (Å²) in [4.78, 5) is 0. The molecule has 0 saturated heterocycles. The minimum atomic E-state index is -0.633. The van der Waals surface area contributed by atoms with Gasteiger partial charge in [-0.05, 0) is 53.8 Å². The molecule has 0 heterocycles. The lowest BCUT2D eigenvalue weighted by Crippen LogP contribution is -2.04. The summed E-state index contributed by atoms with van der Waals surface area (Å²) in [5, 5.41) is 10.6. The first kappa shape index (κ1) is 15.5. The molecular formula is C18H22O3. The Labute approximate surface area is 126 Å². The molecule has 3 heteroatoms. The minimum absolute atomic E-state index is 0.580. The van der Waals surface area contributed by atoms with E-state index in [0.29, 0.717) is 6.61 Å². The van der Waals surface area contributed by atoms with Crippen molar-refractivity contribution in [3.63, 3.8) is 0 Å². The summed E-state index contributed by atoms with van der Waals surface area (Å²) in [5.74, 6) is 0.846. The number of methoxy groups -OCH3 is 2. The fraction of sp³-hybridized carbons (Fsp3) is 0.333. The minimum Gasteiger partial charge on any atom is -0.496 e. The number of hydrogen-bond donors (Lipinski definition) is 1. The third-order valence-corrected chi connectivity index (χ3v) is 3.68. The molecule has 0 radical (unpaired) electrons. The third kappa shape index (κ3) is 3.43. The maximum Gasteiger partial charge on any atom is 0.122 e. The van der Waals surface area contributed by atoms with Crippen LogP contribution in [0.4, 0.5) is 0 Å². The number of aliphatic hydroxyl groups excluding tert-OH is 1. The normalized spacial score (nSPS) is 12.2. The van der Waals surface area contributed by atoms with Gasteiger partial charge >= 0.3 is 0 Å². The van der Waals surface area contributed by atoms with E-state index < -0.39 is 6.10 Å². The summed E-state index contributed by atoms with van der Waals surface area (Å²) in [7, 11) is 3.33.